The van der Waals surface area contributed by atoms with Gasteiger partial charge in [0.05, 0.1) is 22.4 Å². The summed E-state index contributed by atoms with van der Waals surface area (Å²) in [7, 11) is -2.96. The molecule has 0 aliphatic rings. The van der Waals surface area contributed by atoms with Crippen molar-refractivity contribution >= 4 is 72.6 Å². The summed E-state index contributed by atoms with van der Waals surface area (Å²) in [6.45, 7) is 0. The third kappa shape index (κ3) is 6.04. The SMILES string of the molecule is c1ccc(-c2cccc([Si](c3ccccc3)(c3ccccc3)c3cccc(-c4cc(-c5cccc6oc7ccccc7c56)nc(-n5c6ccccc6c6ccccc65)n4)c3)c2)cc1. The van der Waals surface area contributed by atoms with Crippen LogP contribution in [0, 0.1) is 0 Å². The molecule has 4 nitrogen and oxygen atoms in total. The molecule has 0 radical (unpaired) electrons. The fraction of sp³-hybridized carbons (Fsp3) is 0. The van der Waals surface area contributed by atoms with Gasteiger partial charge in [-0.1, -0.05) is 206 Å². The van der Waals surface area contributed by atoms with Crippen LogP contribution in [0.4, 0.5) is 0 Å². The molecule has 0 aliphatic carbocycles. The molecule has 5 heteroatoms. The molecule has 0 atom stereocenters. The zero-order chi connectivity index (χ0) is 41.7. The van der Waals surface area contributed by atoms with E-state index < -0.39 is 8.07 Å². The number of nitrogens with zero attached hydrogens (tertiary/aromatic N) is 3. The smallest absolute Gasteiger partial charge is 0.235 e. The minimum Gasteiger partial charge on any atom is -0.456 e. The van der Waals surface area contributed by atoms with Crippen LogP contribution in [0.25, 0.3) is 83.3 Å². The monoisotopic (exact) mass is 821 g/mol. The van der Waals surface area contributed by atoms with Crippen molar-refractivity contribution in [3.63, 3.8) is 0 Å². The molecule has 0 N–H and O–H groups in total. The maximum Gasteiger partial charge on any atom is 0.235 e. The molecule has 9 aromatic carbocycles. The molecule has 0 aliphatic heterocycles. The second kappa shape index (κ2) is 15.1. The molecular weight excluding hydrogens is 783 g/mol. The van der Waals surface area contributed by atoms with Crippen molar-refractivity contribution in [1.82, 2.24) is 14.5 Å². The van der Waals surface area contributed by atoms with Crippen molar-refractivity contribution in [3.8, 4) is 39.6 Å². The third-order valence-corrected chi connectivity index (χ3v) is 17.3. The first-order chi connectivity index (χ1) is 31.2. The van der Waals surface area contributed by atoms with E-state index >= 15 is 0 Å². The molecule has 3 aromatic heterocycles. The summed E-state index contributed by atoms with van der Waals surface area (Å²) >= 11 is 0. The highest BCUT2D eigenvalue weighted by Gasteiger charge is 2.41. The summed E-state index contributed by atoms with van der Waals surface area (Å²) in [5.41, 5.74) is 9.86. The van der Waals surface area contributed by atoms with Crippen LogP contribution in [-0.4, -0.2) is 22.6 Å². The zero-order valence-corrected chi connectivity index (χ0v) is 35.3. The van der Waals surface area contributed by atoms with Gasteiger partial charge in [0.25, 0.3) is 0 Å². The van der Waals surface area contributed by atoms with Gasteiger partial charge in [-0.2, -0.15) is 0 Å². The van der Waals surface area contributed by atoms with E-state index in [1.54, 1.807) is 0 Å². The van der Waals surface area contributed by atoms with Crippen LogP contribution in [0.3, 0.4) is 0 Å². The van der Waals surface area contributed by atoms with Gasteiger partial charge < -0.3 is 4.42 Å². The fourth-order valence-corrected chi connectivity index (χ4v) is 14.6. The first kappa shape index (κ1) is 36.7. The number of rotatable bonds is 8. The Morgan fingerprint density at radius 3 is 1.49 bits per heavy atom. The van der Waals surface area contributed by atoms with Crippen molar-refractivity contribution in [2.75, 3.05) is 0 Å². The first-order valence-corrected chi connectivity index (χ1v) is 23.4. The molecule has 0 unspecified atom stereocenters. The Kier molecular flexibility index (Phi) is 8.80. The van der Waals surface area contributed by atoms with Crippen LogP contribution in [0.2, 0.25) is 0 Å². The highest BCUT2D eigenvalue weighted by atomic mass is 28.3. The minimum atomic E-state index is -2.96. The first-order valence-electron chi connectivity index (χ1n) is 21.4. The lowest BCUT2D eigenvalue weighted by Gasteiger charge is -2.35. The lowest BCUT2D eigenvalue weighted by Crippen LogP contribution is -2.74. The topological polar surface area (TPSA) is 43.9 Å². The number of hydrogen-bond acceptors (Lipinski definition) is 3. The van der Waals surface area contributed by atoms with Crippen LogP contribution in [0.1, 0.15) is 0 Å². The van der Waals surface area contributed by atoms with E-state index in [0.29, 0.717) is 5.95 Å². The van der Waals surface area contributed by atoms with Crippen molar-refractivity contribution < 1.29 is 4.42 Å². The summed E-state index contributed by atoms with van der Waals surface area (Å²) in [6.07, 6.45) is 0. The molecule has 3 heterocycles. The average Bonchev–Trinajstić information content (AvgIpc) is 3.92. The van der Waals surface area contributed by atoms with E-state index in [4.69, 9.17) is 14.4 Å². The number of hydrogen-bond donors (Lipinski definition) is 0. The molecule has 0 amide bonds. The molecule has 0 bridgehead atoms. The van der Waals surface area contributed by atoms with Gasteiger partial charge in [-0.25, -0.2) is 9.97 Å². The number of furan rings is 1. The van der Waals surface area contributed by atoms with Crippen LogP contribution in [0.5, 0.6) is 0 Å². The molecule has 296 valence electrons. The fourth-order valence-electron chi connectivity index (χ4n) is 9.80. The zero-order valence-electron chi connectivity index (χ0n) is 34.3. The summed E-state index contributed by atoms with van der Waals surface area (Å²) < 4.78 is 8.64. The van der Waals surface area contributed by atoms with Crippen LogP contribution >= 0.6 is 0 Å². The molecule has 12 aromatic rings. The number of para-hydroxylation sites is 3. The van der Waals surface area contributed by atoms with Gasteiger partial charge in [0, 0.05) is 32.7 Å². The Morgan fingerprint density at radius 2 is 0.825 bits per heavy atom. The number of fused-ring (bicyclic) bond motifs is 6. The second-order valence-electron chi connectivity index (χ2n) is 16.1. The van der Waals surface area contributed by atoms with Crippen molar-refractivity contribution in [2.24, 2.45) is 0 Å². The highest BCUT2D eigenvalue weighted by molar-refractivity contribution is 7.20. The van der Waals surface area contributed by atoms with E-state index in [2.05, 4.69) is 223 Å². The third-order valence-electron chi connectivity index (χ3n) is 12.6. The Balaban J connectivity index is 1.14. The van der Waals surface area contributed by atoms with Crippen LogP contribution in [-0.2, 0) is 0 Å². The lowest BCUT2D eigenvalue weighted by molar-refractivity contribution is 0.669. The van der Waals surface area contributed by atoms with Crippen LogP contribution < -0.4 is 20.7 Å². The van der Waals surface area contributed by atoms with Gasteiger partial charge in [-0.05, 0) is 62.2 Å². The molecule has 0 fully saturated rings. The Morgan fingerprint density at radius 1 is 0.349 bits per heavy atom. The van der Waals surface area contributed by atoms with E-state index in [0.717, 1.165) is 66.3 Å². The quantitative estimate of drug-likeness (QED) is 0.113. The highest BCUT2D eigenvalue weighted by Crippen LogP contribution is 2.38. The molecule has 0 saturated heterocycles. The minimum absolute atomic E-state index is 0.611. The molecule has 12 rings (SSSR count). The van der Waals surface area contributed by atoms with E-state index in [-0.39, 0.29) is 0 Å². The summed E-state index contributed by atoms with van der Waals surface area (Å²) in [5, 5.41) is 9.62. The average molecular weight is 822 g/mol. The Labute approximate surface area is 366 Å². The number of aromatic nitrogens is 3. The largest absolute Gasteiger partial charge is 0.456 e. The van der Waals surface area contributed by atoms with Gasteiger partial charge in [0.15, 0.2) is 8.07 Å². The maximum atomic E-state index is 6.42. The summed E-state index contributed by atoms with van der Waals surface area (Å²) in [5.74, 6) is 0.611. The van der Waals surface area contributed by atoms with E-state index in [1.807, 2.05) is 18.2 Å². The van der Waals surface area contributed by atoms with Crippen molar-refractivity contribution in [3.05, 3.63) is 237 Å². The standard InChI is InChI=1S/C58H39N3OSi/c1-4-19-40(20-5-1)41-21-16-27-45(37-41)63(43-23-6-2-7-24-43,44-25-8-3-9-26-44)46-28-17-22-42(38-46)51-39-52(49-32-18-36-56-57(49)50-31-12-15-35-55(50)62-56)60-58(59-51)61-53-33-13-10-29-47(53)48-30-11-14-34-54(48)61/h1-39H. The molecule has 0 spiro atoms. The van der Waals surface area contributed by atoms with Gasteiger partial charge in [0.2, 0.25) is 5.95 Å². The van der Waals surface area contributed by atoms with Gasteiger partial charge in [-0.3, -0.25) is 4.57 Å². The summed E-state index contributed by atoms with van der Waals surface area (Å²) in [6, 6.07) is 85.1. The van der Waals surface area contributed by atoms with Gasteiger partial charge >= 0.3 is 0 Å². The lowest BCUT2D eigenvalue weighted by atomic mass is 10.0. The predicted molar refractivity (Wildman–Crippen MR) is 264 cm³/mol. The van der Waals surface area contributed by atoms with Crippen molar-refractivity contribution in [1.29, 1.82) is 0 Å². The molecule has 0 saturated carbocycles. The normalized spacial score (nSPS) is 11.8. The maximum absolute atomic E-state index is 6.42. The van der Waals surface area contributed by atoms with E-state index in [1.165, 1.54) is 31.9 Å². The Hall–Kier alpha value is -8.12. The van der Waals surface area contributed by atoms with Crippen LogP contribution in [0.15, 0.2) is 241 Å². The number of benzene rings is 9. The predicted octanol–water partition coefficient (Wildman–Crippen LogP) is 11.9. The van der Waals surface area contributed by atoms with E-state index in [9.17, 15) is 0 Å². The second-order valence-corrected chi connectivity index (χ2v) is 19.9. The van der Waals surface area contributed by atoms with Gasteiger partial charge in [-0.15, -0.1) is 0 Å². The Bertz CT molecular complexity index is 3540. The molecule has 63 heavy (non-hydrogen) atoms. The van der Waals surface area contributed by atoms with Gasteiger partial charge in [0.1, 0.15) is 11.2 Å². The molecular formula is C58H39N3OSi. The summed E-state index contributed by atoms with van der Waals surface area (Å²) in [4.78, 5) is 11.0. The van der Waals surface area contributed by atoms with Crippen molar-refractivity contribution in [2.45, 2.75) is 0 Å².